The van der Waals surface area contributed by atoms with Gasteiger partial charge in [-0.3, -0.25) is 9.36 Å². The van der Waals surface area contributed by atoms with Gasteiger partial charge in [0, 0.05) is 5.75 Å². The molecule has 3 aromatic rings. The van der Waals surface area contributed by atoms with Crippen LogP contribution >= 0.6 is 23.1 Å². The molecule has 1 aliphatic rings. The average molecular weight is 300 g/mol. The van der Waals surface area contributed by atoms with E-state index in [0.29, 0.717) is 0 Å². The predicted molar refractivity (Wildman–Crippen MR) is 83.8 cm³/mol. The zero-order valence-electron chi connectivity index (χ0n) is 10.7. The van der Waals surface area contributed by atoms with Gasteiger partial charge in [0.05, 0.1) is 11.6 Å². The van der Waals surface area contributed by atoms with E-state index in [-0.39, 0.29) is 11.6 Å². The molecule has 0 fully saturated rings. The summed E-state index contributed by atoms with van der Waals surface area (Å²) in [6.07, 6.45) is 0.888. The van der Waals surface area contributed by atoms with Crippen LogP contribution in [0.2, 0.25) is 0 Å². The summed E-state index contributed by atoms with van der Waals surface area (Å²) in [5.41, 5.74) is 2.22. The molecule has 5 heteroatoms. The van der Waals surface area contributed by atoms with E-state index in [4.69, 9.17) is 0 Å². The van der Waals surface area contributed by atoms with Gasteiger partial charge in [-0.05, 0) is 23.4 Å². The number of benzene rings is 1. The Morgan fingerprint density at radius 3 is 2.95 bits per heavy atom. The lowest BCUT2D eigenvalue weighted by atomic mass is 10.1. The molecule has 2 aromatic heterocycles. The molecule has 3 nitrogen and oxygen atoms in total. The summed E-state index contributed by atoms with van der Waals surface area (Å²) < 4.78 is 2.66. The first-order valence-corrected chi connectivity index (χ1v) is 8.36. The van der Waals surface area contributed by atoms with Crippen LogP contribution in [0.3, 0.4) is 0 Å². The fourth-order valence-electron chi connectivity index (χ4n) is 2.61. The lowest BCUT2D eigenvalue weighted by Gasteiger charge is -2.13. The molecule has 4 rings (SSSR count). The second-order valence-corrected chi connectivity index (χ2v) is 6.76. The van der Waals surface area contributed by atoms with E-state index < -0.39 is 0 Å². The number of aromatic nitrogens is 2. The van der Waals surface area contributed by atoms with Crippen molar-refractivity contribution in [3.05, 3.63) is 57.7 Å². The lowest BCUT2D eigenvalue weighted by Crippen LogP contribution is -2.25. The molecule has 0 saturated heterocycles. The quantitative estimate of drug-likeness (QED) is 0.681. The van der Waals surface area contributed by atoms with Gasteiger partial charge < -0.3 is 0 Å². The second-order valence-electron chi connectivity index (χ2n) is 4.86. The summed E-state index contributed by atoms with van der Waals surface area (Å²) in [5.74, 6) is 0.925. The number of nitrogens with zero attached hydrogens (tertiary/aromatic N) is 2. The molecule has 0 radical (unpaired) electrons. The number of thiophene rings is 1. The van der Waals surface area contributed by atoms with E-state index >= 15 is 0 Å². The highest BCUT2D eigenvalue weighted by Gasteiger charge is 2.26. The molecule has 0 spiro atoms. The minimum Gasteiger partial charge on any atom is -0.282 e. The van der Waals surface area contributed by atoms with Crippen molar-refractivity contribution >= 4 is 33.3 Å². The summed E-state index contributed by atoms with van der Waals surface area (Å²) in [6.45, 7) is 0. The van der Waals surface area contributed by atoms with Crippen LogP contribution < -0.4 is 5.56 Å². The maximum Gasteiger partial charge on any atom is 0.272 e. The Bertz CT molecular complexity index is 823. The fourth-order valence-corrected chi connectivity index (χ4v) is 4.52. The van der Waals surface area contributed by atoms with Crippen molar-refractivity contribution in [2.45, 2.75) is 17.6 Å². The number of thioether (sulfide) groups is 1. The third kappa shape index (κ3) is 1.89. The molecule has 1 aromatic carbocycles. The highest BCUT2D eigenvalue weighted by atomic mass is 32.2. The van der Waals surface area contributed by atoms with Crippen molar-refractivity contribution in [1.82, 2.24) is 9.55 Å². The van der Waals surface area contributed by atoms with Crippen molar-refractivity contribution in [3.63, 3.8) is 0 Å². The molecule has 1 atom stereocenters. The van der Waals surface area contributed by atoms with Crippen LogP contribution in [-0.4, -0.2) is 15.3 Å². The van der Waals surface area contributed by atoms with Crippen LogP contribution in [0, 0.1) is 0 Å². The maximum absolute atomic E-state index is 12.6. The van der Waals surface area contributed by atoms with Gasteiger partial charge >= 0.3 is 0 Å². The van der Waals surface area contributed by atoms with Gasteiger partial charge in [-0.1, -0.05) is 42.1 Å². The summed E-state index contributed by atoms with van der Waals surface area (Å²) in [5, 5.41) is 2.80. The zero-order valence-corrected chi connectivity index (χ0v) is 12.3. The molecule has 100 valence electrons. The van der Waals surface area contributed by atoms with Crippen molar-refractivity contribution in [3.8, 4) is 0 Å². The van der Waals surface area contributed by atoms with Gasteiger partial charge in [0.25, 0.3) is 5.56 Å². The Morgan fingerprint density at radius 1 is 1.25 bits per heavy atom. The van der Waals surface area contributed by atoms with Gasteiger partial charge in [-0.15, -0.1) is 11.3 Å². The van der Waals surface area contributed by atoms with Crippen LogP contribution in [-0.2, 0) is 6.42 Å². The molecular weight excluding hydrogens is 288 g/mol. The van der Waals surface area contributed by atoms with Crippen LogP contribution in [0.15, 0.2) is 51.7 Å². The molecule has 20 heavy (non-hydrogen) atoms. The number of fused-ring (bicyclic) bond motifs is 2. The van der Waals surface area contributed by atoms with Gasteiger partial charge in [-0.2, -0.15) is 0 Å². The standard InChI is InChI=1S/C15H12N2OS2/c18-14-13-12(6-7-19-13)16-15-17(14)11(9-20-15)8-10-4-2-1-3-5-10/h1-7,11H,8-9H2/t11-/m1/s1. The molecule has 3 heterocycles. The average Bonchev–Trinajstić information content (AvgIpc) is 3.08. The fraction of sp³-hybridized carbons (Fsp3) is 0.200. The Hall–Kier alpha value is -1.59. The number of rotatable bonds is 2. The Balaban J connectivity index is 1.79. The molecule has 1 aliphatic heterocycles. The van der Waals surface area contributed by atoms with Crippen LogP contribution in [0.25, 0.3) is 10.2 Å². The third-order valence-electron chi connectivity index (χ3n) is 3.56. The maximum atomic E-state index is 12.6. The smallest absolute Gasteiger partial charge is 0.272 e. The summed E-state index contributed by atoms with van der Waals surface area (Å²) in [7, 11) is 0. The van der Waals surface area contributed by atoms with Crippen LogP contribution in [0.5, 0.6) is 0 Å². The van der Waals surface area contributed by atoms with Gasteiger partial charge in [0.2, 0.25) is 0 Å². The first-order valence-electron chi connectivity index (χ1n) is 6.49. The van der Waals surface area contributed by atoms with E-state index in [0.717, 1.165) is 27.5 Å². The molecule has 0 saturated carbocycles. The Morgan fingerprint density at radius 2 is 2.10 bits per heavy atom. The van der Waals surface area contributed by atoms with Gasteiger partial charge in [0.15, 0.2) is 5.16 Å². The summed E-state index contributed by atoms with van der Waals surface area (Å²) in [6, 6.07) is 12.5. The molecule has 0 N–H and O–H groups in total. The van der Waals surface area contributed by atoms with Crippen molar-refractivity contribution in [2.24, 2.45) is 0 Å². The minimum absolute atomic E-state index is 0.117. The van der Waals surface area contributed by atoms with Gasteiger partial charge in [0.1, 0.15) is 4.70 Å². The van der Waals surface area contributed by atoms with Crippen LogP contribution in [0.1, 0.15) is 11.6 Å². The van der Waals surface area contributed by atoms with Crippen molar-refractivity contribution in [2.75, 3.05) is 5.75 Å². The number of hydrogen-bond donors (Lipinski definition) is 0. The van der Waals surface area contributed by atoms with E-state index in [1.165, 1.54) is 16.9 Å². The first kappa shape index (κ1) is 12.2. The molecule has 0 bridgehead atoms. The molecule has 0 amide bonds. The van der Waals surface area contributed by atoms with Crippen molar-refractivity contribution < 1.29 is 0 Å². The summed E-state index contributed by atoms with van der Waals surface area (Å²) in [4.78, 5) is 17.2. The van der Waals surface area contributed by atoms with Crippen molar-refractivity contribution in [1.29, 1.82) is 0 Å². The van der Waals surface area contributed by atoms with Gasteiger partial charge in [-0.25, -0.2) is 4.98 Å². The first-order chi connectivity index (χ1) is 9.83. The normalized spacial score (nSPS) is 17.5. The predicted octanol–water partition coefficient (Wildman–Crippen LogP) is 3.35. The van der Waals surface area contributed by atoms with E-state index in [1.807, 2.05) is 34.2 Å². The number of hydrogen-bond acceptors (Lipinski definition) is 4. The largest absolute Gasteiger partial charge is 0.282 e. The monoisotopic (exact) mass is 300 g/mol. The zero-order chi connectivity index (χ0) is 13.5. The summed E-state index contributed by atoms with van der Waals surface area (Å²) >= 11 is 3.17. The SMILES string of the molecule is O=c1c2sccc2nc2n1[C@H](Cc1ccccc1)CS2. The second kappa shape index (κ2) is 4.75. The Labute approximate surface area is 124 Å². The topological polar surface area (TPSA) is 34.9 Å². The molecule has 0 unspecified atom stereocenters. The molecular formula is C15H12N2OS2. The highest BCUT2D eigenvalue weighted by molar-refractivity contribution is 7.99. The minimum atomic E-state index is 0.117. The van der Waals surface area contributed by atoms with E-state index in [1.54, 1.807) is 11.8 Å². The third-order valence-corrected chi connectivity index (χ3v) is 5.55. The van der Waals surface area contributed by atoms with E-state index in [2.05, 4.69) is 17.1 Å². The van der Waals surface area contributed by atoms with Crippen LogP contribution in [0.4, 0.5) is 0 Å². The highest BCUT2D eigenvalue weighted by Crippen LogP contribution is 2.33. The Kier molecular flexibility index (Phi) is 2.89. The van der Waals surface area contributed by atoms with E-state index in [9.17, 15) is 4.79 Å². The lowest BCUT2D eigenvalue weighted by molar-refractivity contribution is 0.508. The molecule has 0 aliphatic carbocycles.